The third kappa shape index (κ3) is 5.83. The maximum absolute atomic E-state index is 13.9. The first kappa shape index (κ1) is 24.4. The lowest BCUT2D eigenvalue weighted by atomic mass is 9.93. The largest absolute Gasteiger partial charge is 0.491 e. The average molecular weight is 502 g/mol. The Bertz CT molecular complexity index is 1190. The van der Waals surface area contributed by atoms with Crippen molar-refractivity contribution in [1.82, 2.24) is 4.90 Å². The SMILES string of the molecule is CC(C)(C)Oc1ccc(OCC2Cc3cc(F)ccc3CN2C(=O)c2ccc(Cl)c(Cl)c2)cc1. The number of ether oxygens (including phenoxy) is 2. The number of hydrogen-bond donors (Lipinski definition) is 0. The molecule has 1 atom stereocenters. The molecule has 4 nitrogen and oxygen atoms in total. The molecular formula is C27H26Cl2FNO3. The van der Waals surface area contributed by atoms with Crippen molar-refractivity contribution in [2.75, 3.05) is 6.61 Å². The third-order valence-electron chi connectivity index (χ3n) is 5.52. The maximum atomic E-state index is 13.9. The molecule has 34 heavy (non-hydrogen) atoms. The third-order valence-corrected chi connectivity index (χ3v) is 6.26. The number of benzene rings is 3. The number of rotatable bonds is 5. The van der Waals surface area contributed by atoms with Crippen LogP contribution in [-0.2, 0) is 13.0 Å². The van der Waals surface area contributed by atoms with Gasteiger partial charge in [-0.3, -0.25) is 4.79 Å². The van der Waals surface area contributed by atoms with E-state index in [0.29, 0.717) is 34.3 Å². The molecule has 0 N–H and O–H groups in total. The van der Waals surface area contributed by atoms with Gasteiger partial charge in [0, 0.05) is 12.1 Å². The fourth-order valence-corrected chi connectivity index (χ4v) is 4.24. The van der Waals surface area contributed by atoms with Crippen LogP contribution in [0.25, 0.3) is 0 Å². The molecule has 1 aliphatic heterocycles. The summed E-state index contributed by atoms with van der Waals surface area (Å²) in [6.07, 6.45) is 0.478. The molecule has 0 aliphatic carbocycles. The second kappa shape index (κ2) is 9.85. The van der Waals surface area contributed by atoms with Crippen LogP contribution in [-0.4, -0.2) is 29.1 Å². The van der Waals surface area contributed by atoms with Crippen LogP contribution in [0.2, 0.25) is 10.0 Å². The number of carbonyl (C=O) groups excluding carboxylic acids is 1. The van der Waals surface area contributed by atoms with Gasteiger partial charge in [-0.1, -0.05) is 29.3 Å². The predicted molar refractivity (Wildman–Crippen MR) is 133 cm³/mol. The zero-order chi connectivity index (χ0) is 24.5. The van der Waals surface area contributed by atoms with E-state index in [4.69, 9.17) is 32.7 Å². The highest BCUT2D eigenvalue weighted by Gasteiger charge is 2.31. The molecule has 0 radical (unpaired) electrons. The van der Waals surface area contributed by atoms with Gasteiger partial charge in [0.1, 0.15) is 29.5 Å². The number of fused-ring (bicyclic) bond motifs is 1. The Labute approximate surface area is 209 Å². The van der Waals surface area contributed by atoms with Gasteiger partial charge in [0.2, 0.25) is 0 Å². The molecule has 3 aromatic carbocycles. The second-order valence-corrected chi connectivity index (χ2v) is 10.1. The van der Waals surface area contributed by atoms with E-state index in [2.05, 4.69) is 0 Å². The Morgan fingerprint density at radius 2 is 1.68 bits per heavy atom. The Hall–Kier alpha value is -2.76. The minimum Gasteiger partial charge on any atom is -0.491 e. The van der Waals surface area contributed by atoms with Crippen LogP contribution in [0.15, 0.2) is 60.7 Å². The van der Waals surface area contributed by atoms with E-state index in [9.17, 15) is 9.18 Å². The predicted octanol–water partition coefficient (Wildman–Crippen LogP) is 6.96. The van der Waals surface area contributed by atoms with Crippen LogP contribution < -0.4 is 9.47 Å². The molecule has 178 valence electrons. The standard InChI is InChI=1S/C27H26Cl2FNO3/c1-27(2,3)34-23-9-7-22(8-10-23)33-16-21-13-19-12-20(30)6-4-18(19)15-31(21)26(32)17-5-11-24(28)25(29)14-17/h4-12,14,21H,13,15-16H2,1-3H3. The monoisotopic (exact) mass is 501 g/mol. The Morgan fingerprint density at radius 1 is 0.971 bits per heavy atom. The first-order valence-electron chi connectivity index (χ1n) is 11.0. The van der Waals surface area contributed by atoms with Crippen molar-refractivity contribution in [3.8, 4) is 11.5 Å². The van der Waals surface area contributed by atoms with Crippen LogP contribution in [0, 0.1) is 5.82 Å². The van der Waals surface area contributed by atoms with Gasteiger partial charge in [0.05, 0.1) is 16.1 Å². The van der Waals surface area contributed by atoms with E-state index >= 15 is 0 Å². The zero-order valence-electron chi connectivity index (χ0n) is 19.3. The van der Waals surface area contributed by atoms with E-state index < -0.39 is 0 Å². The van der Waals surface area contributed by atoms with Crippen LogP contribution in [0.4, 0.5) is 4.39 Å². The summed E-state index contributed by atoms with van der Waals surface area (Å²) in [7, 11) is 0. The molecule has 0 saturated heterocycles. The van der Waals surface area contributed by atoms with Crippen molar-refractivity contribution in [1.29, 1.82) is 0 Å². The number of nitrogens with zero attached hydrogens (tertiary/aromatic N) is 1. The molecule has 4 rings (SSSR count). The molecular weight excluding hydrogens is 476 g/mol. The van der Waals surface area contributed by atoms with E-state index in [0.717, 1.165) is 16.9 Å². The fourth-order valence-electron chi connectivity index (χ4n) is 3.95. The van der Waals surface area contributed by atoms with Gasteiger partial charge < -0.3 is 14.4 Å². The smallest absolute Gasteiger partial charge is 0.254 e. The van der Waals surface area contributed by atoms with Crippen LogP contribution in [0.1, 0.15) is 42.3 Å². The summed E-state index contributed by atoms with van der Waals surface area (Å²) in [4.78, 5) is 15.2. The van der Waals surface area contributed by atoms with Gasteiger partial charge in [-0.2, -0.15) is 0 Å². The Morgan fingerprint density at radius 3 is 2.35 bits per heavy atom. The molecule has 7 heteroatoms. The second-order valence-electron chi connectivity index (χ2n) is 9.33. The van der Waals surface area contributed by atoms with Crippen molar-refractivity contribution >= 4 is 29.1 Å². The number of halogens is 3. The molecule has 0 spiro atoms. The minimum absolute atomic E-state index is 0.184. The van der Waals surface area contributed by atoms with Gasteiger partial charge in [-0.15, -0.1) is 0 Å². The molecule has 1 amide bonds. The highest BCUT2D eigenvalue weighted by Crippen LogP contribution is 2.29. The summed E-state index contributed by atoms with van der Waals surface area (Å²) in [5, 5.41) is 0.703. The fraction of sp³-hybridized carbons (Fsp3) is 0.296. The Kier molecular flexibility index (Phi) is 7.06. The van der Waals surface area contributed by atoms with Gasteiger partial charge in [-0.05, 0) is 92.9 Å². The molecule has 0 fully saturated rings. The highest BCUT2D eigenvalue weighted by atomic mass is 35.5. The van der Waals surface area contributed by atoms with E-state index in [1.807, 2.05) is 45.0 Å². The summed E-state index contributed by atoms with van der Waals surface area (Å²) < 4.78 is 25.8. The van der Waals surface area contributed by atoms with Crippen molar-refractivity contribution in [3.05, 3.63) is 93.2 Å². The van der Waals surface area contributed by atoms with Gasteiger partial charge in [-0.25, -0.2) is 4.39 Å². The Balaban J connectivity index is 1.54. The number of carbonyl (C=O) groups is 1. The van der Waals surface area contributed by atoms with Gasteiger partial charge in [0.25, 0.3) is 5.91 Å². The van der Waals surface area contributed by atoms with Gasteiger partial charge >= 0.3 is 0 Å². The zero-order valence-corrected chi connectivity index (χ0v) is 20.8. The van der Waals surface area contributed by atoms with Crippen molar-refractivity contribution in [2.45, 2.75) is 45.4 Å². The molecule has 0 aromatic heterocycles. The van der Waals surface area contributed by atoms with Crippen molar-refractivity contribution in [2.24, 2.45) is 0 Å². The lowest BCUT2D eigenvalue weighted by Gasteiger charge is -2.37. The molecule has 3 aromatic rings. The lowest BCUT2D eigenvalue weighted by molar-refractivity contribution is 0.0566. The molecule has 0 saturated carbocycles. The van der Waals surface area contributed by atoms with E-state index in [-0.39, 0.29) is 30.0 Å². The summed E-state index contributed by atoms with van der Waals surface area (Å²) in [5.41, 5.74) is 1.93. The van der Waals surface area contributed by atoms with E-state index in [1.165, 1.54) is 12.1 Å². The molecule has 0 bridgehead atoms. The number of amides is 1. The molecule has 1 aliphatic rings. The lowest BCUT2D eigenvalue weighted by Crippen LogP contribution is -2.47. The van der Waals surface area contributed by atoms with E-state index in [1.54, 1.807) is 29.2 Å². The van der Waals surface area contributed by atoms with Gasteiger partial charge in [0.15, 0.2) is 0 Å². The average Bonchev–Trinajstić information content (AvgIpc) is 2.78. The highest BCUT2D eigenvalue weighted by molar-refractivity contribution is 6.42. The summed E-state index contributed by atoms with van der Waals surface area (Å²) >= 11 is 12.2. The van der Waals surface area contributed by atoms with Crippen LogP contribution in [0.3, 0.4) is 0 Å². The van der Waals surface area contributed by atoms with Crippen LogP contribution >= 0.6 is 23.2 Å². The maximum Gasteiger partial charge on any atom is 0.254 e. The normalized spacial score (nSPS) is 15.6. The van der Waals surface area contributed by atoms with Crippen molar-refractivity contribution < 1.29 is 18.7 Å². The summed E-state index contributed by atoms with van der Waals surface area (Å²) in [5.74, 6) is 0.930. The minimum atomic E-state index is -0.294. The summed E-state index contributed by atoms with van der Waals surface area (Å²) in [6.45, 7) is 6.56. The van der Waals surface area contributed by atoms with Crippen LogP contribution in [0.5, 0.6) is 11.5 Å². The quantitative estimate of drug-likeness (QED) is 0.379. The first-order chi connectivity index (χ1) is 16.1. The summed E-state index contributed by atoms with van der Waals surface area (Å²) in [6, 6.07) is 16.6. The first-order valence-corrected chi connectivity index (χ1v) is 11.8. The topological polar surface area (TPSA) is 38.8 Å². The number of hydrogen-bond acceptors (Lipinski definition) is 3. The van der Waals surface area contributed by atoms with Crippen molar-refractivity contribution in [3.63, 3.8) is 0 Å². The molecule has 1 unspecified atom stereocenters. The molecule has 1 heterocycles.